The van der Waals surface area contributed by atoms with Crippen molar-refractivity contribution in [3.8, 4) is 5.75 Å². The van der Waals surface area contributed by atoms with Gasteiger partial charge in [-0.05, 0) is 54.4 Å². The molecular formula is C27H22BrN3O4. The molecule has 2 aromatic carbocycles. The van der Waals surface area contributed by atoms with Gasteiger partial charge in [-0.25, -0.2) is 0 Å². The Morgan fingerprint density at radius 1 is 1.14 bits per heavy atom. The molecule has 0 saturated carbocycles. The van der Waals surface area contributed by atoms with E-state index in [1.165, 1.54) is 4.90 Å². The van der Waals surface area contributed by atoms with Crippen LogP contribution in [0.25, 0.3) is 16.7 Å². The van der Waals surface area contributed by atoms with Gasteiger partial charge in [-0.1, -0.05) is 34.1 Å². The molecule has 1 fully saturated rings. The molecule has 0 aliphatic carbocycles. The fourth-order valence-electron chi connectivity index (χ4n) is 4.45. The van der Waals surface area contributed by atoms with Crippen LogP contribution in [0.5, 0.6) is 5.75 Å². The lowest BCUT2D eigenvalue weighted by atomic mass is 9.98. The van der Waals surface area contributed by atoms with E-state index in [1.807, 2.05) is 24.4 Å². The maximum absolute atomic E-state index is 13.2. The molecule has 1 aliphatic rings. The van der Waals surface area contributed by atoms with Gasteiger partial charge in [0.1, 0.15) is 17.6 Å². The number of amides is 1. The van der Waals surface area contributed by atoms with Crippen molar-refractivity contribution < 1.29 is 19.4 Å². The first-order valence-electron chi connectivity index (χ1n) is 11.1. The third-order valence-electron chi connectivity index (χ3n) is 6.22. The maximum Gasteiger partial charge on any atom is 0.295 e. The molecule has 176 valence electrons. The van der Waals surface area contributed by atoms with Gasteiger partial charge in [-0.2, -0.15) is 0 Å². The Hall–Kier alpha value is -3.91. The van der Waals surface area contributed by atoms with E-state index in [2.05, 4.69) is 25.9 Å². The van der Waals surface area contributed by atoms with Crippen LogP contribution in [0.4, 0.5) is 0 Å². The van der Waals surface area contributed by atoms with Gasteiger partial charge in [0.2, 0.25) is 0 Å². The summed E-state index contributed by atoms with van der Waals surface area (Å²) in [6, 6.07) is 17.2. The minimum Gasteiger partial charge on any atom is -0.507 e. The van der Waals surface area contributed by atoms with Crippen molar-refractivity contribution in [2.45, 2.75) is 12.5 Å². The standard InChI is InChI=1S/C27H22BrN3O4/c1-35-19-9-10-21-20(14-19)17(15-30-21)11-13-31-24(22-4-2-3-12-29-22)23(26(33)27(31)34)25(32)16-5-7-18(28)8-6-16/h2-10,12,14-15,24,30,32H,11,13H2,1H3/t24-/m0/s1. The number of pyridine rings is 1. The van der Waals surface area contributed by atoms with Crippen molar-refractivity contribution in [2.24, 2.45) is 0 Å². The van der Waals surface area contributed by atoms with Crippen LogP contribution in [-0.2, 0) is 16.0 Å². The van der Waals surface area contributed by atoms with E-state index in [9.17, 15) is 14.7 Å². The Balaban J connectivity index is 1.54. The SMILES string of the molecule is COc1ccc2[nH]cc(CCN3C(=O)C(=O)C(=C(O)c4ccc(Br)cc4)[C@@H]3c3ccccn3)c2c1. The molecule has 5 rings (SSSR count). The van der Waals surface area contributed by atoms with Gasteiger partial charge in [0, 0.05) is 39.9 Å². The number of ketones is 1. The number of methoxy groups -OCH3 is 1. The molecule has 0 unspecified atom stereocenters. The van der Waals surface area contributed by atoms with E-state index in [1.54, 1.807) is 55.8 Å². The molecule has 7 nitrogen and oxygen atoms in total. The number of aliphatic hydroxyl groups excluding tert-OH is 1. The van der Waals surface area contributed by atoms with Gasteiger partial charge in [-0.3, -0.25) is 14.6 Å². The number of fused-ring (bicyclic) bond motifs is 1. The number of hydrogen-bond acceptors (Lipinski definition) is 5. The number of rotatable bonds is 6. The highest BCUT2D eigenvalue weighted by Crippen LogP contribution is 2.39. The summed E-state index contributed by atoms with van der Waals surface area (Å²) in [5, 5.41) is 12.1. The topological polar surface area (TPSA) is 95.5 Å². The number of benzene rings is 2. The highest BCUT2D eigenvalue weighted by atomic mass is 79.9. The third kappa shape index (κ3) is 4.21. The van der Waals surface area contributed by atoms with Crippen LogP contribution < -0.4 is 4.74 Å². The number of likely N-dealkylation sites (tertiary alicyclic amines) is 1. The molecule has 1 atom stereocenters. The Labute approximate surface area is 210 Å². The number of aliphatic hydroxyl groups is 1. The Morgan fingerprint density at radius 2 is 1.94 bits per heavy atom. The largest absolute Gasteiger partial charge is 0.507 e. The lowest BCUT2D eigenvalue weighted by Gasteiger charge is -2.24. The van der Waals surface area contributed by atoms with Crippen molar-refractivity contribution >= 4 is 44.3 Å². The molecule has 8 heteroatoms. The lowest BCUT2D eigenvalue weighted by Crippen LogP contribution is -2.32. The van der Waals surface area contributed by atoms with Crippen LogP contribution >= 0.6 is 15.9 Å². The van der Waals surface area contributed by atoms with Crippen LogP contribution in [-0.4, -0.2) is 45.3 Å². The number of aromatic nitrogens is 2. The minimum atomic E-state index is -0.792. The number of Topliss-reactive ketones (excluding diaryl/α,β-unsaturated/α-hetero) is 1. The molecule has 3 heterocycles. The number of H-pyrrole nitrogens is 1. The fourth-order valence-corrected chi connectivity index (χ4v) is 4.72. The number of nitrogens with one attached hydrogen (secondary N) is 1. The first kappa shape index (κ1) is 22.9. The quantitative estimate of drug-likeness (QED) is 0.207. The fraction of sp³-hybridized carbons (Fsp3) is 0.148. The zero-order chi connectivity index (χ0) is 24.5. The van der Waals surface area contributed by atoms with Crippen LogP contribution in [0.2, 0.25) is 0 Å². The molecule has 0 bridgehead atoms. The average molecular weight is 532 g/mol. The van der Waals surface area contributed by atoms with E-state index < -0.39 is 17.7 Å². The molecule has 0 spiro atoms. The summed E-state index contributed by atoms with van der Waals surface area (Å²) in [5.74, 6) is -0.856. The van der Waals surface area contributed by atoms with Gasteiger partial charge in [-0.15, -0.1) is 0 Å². The van der Waals surface area contributed by atoms with E-state index >= 15 is 0 Å². The Morgan fingerprint density at radius 3 is 2.66 bits per heavy atom. The molecule has 2 aromatic heterocycles. The molecule has 1 amide bonds. The second-order valence-corrected chi connectivity index (χ2v) is 9.15. The van der Waals surface area contributed by atoms with Gasteiger partial charge < -0.3 is 19.7 Å². The van der Waals surface area contributed by atoms with Crippen LogP contribution in [0.15, 0.2) is 83.1 Å². The molecule has 4 aromatic rings. The number of carbonyl (C=O) groups excluding carboxylic acids is 2. The van der Waals surface area contributed by atoms with Crippen molar-refractivity contribution in [3.63, 3.8) is 0 Å². The summed E-state index contributed by atoms with van der Waals surface area (Å²) in [6.45, 7) is 0.271. The van der Waals surface area contributed by atoms with E-state index in [0.29, 0.717) is 17.7 Å². The van der Waals surface area contributed by atoms with Crippen LogP contribution in [0.1, 0.15) is 22.9 Å². The zero-order valence-corrected chi connectivity index (χ0v) is 20.5. The maximum atomic E-state index is 13.2. The first-order chi connectivity index (χ1) is 17.0. The second-order valence-electron chi connectivity index (χ2n) is 8.23. The monoisotopic (exact) mass is 531 g/mol. The second kappa shape index (κ2) is 9.38. The molecule has 0 radical (unpaired) electrons. The Kier molecular flexibility index (Phi) is 6.13. The number of aromatic amines is 1. The number of hydrogen-bond donors (Lipinski definition) is 2. The number of halogens is 1. The zero-order valence-electron chi connectivity index (χ0n) is 18.9. The number of nitrogens with zero attached hydrogens (tertiary/aromatic N) is 2. The Bertz CT molecular complexity index is 1440. The summed E-state index contributed by atoms with van der Waals surface area (Å²) in [5.41, 5.74) is 2.96. The van der Waals surface area contributed by atoms with Crippen molar-refractivity contribution in [3.05, 3.63) is 99.9 Å². The van der Waals surface area contributed by atoms with E-state index in [-0.39, 0.29) is 17.9 Å². The predicted molar refractivity (Wildman–Crippen MR) is 136 cm³/mol. The number of ether oxygens (including phenoxy) is 1. The van der Waals surface area contributed by atoms with Crippen molar-refractivity contribution in [1.82, 2.24) is 14.9 Å². The van der Waals surface area contributed by atoms with E-state index in [0.717, 1.165) is 26.7 Å². The summed E-state index contributed by atoms with van der Waals surface area (Å²) in [7, 11) is 1.62. The summed E-state index contributed by atoms with van der Waals surface area (Å²) in [6.07, 6.45) is 4.02. The lowest BCUT2D eigenvalue weighted by molar-refractivity contribution is -0.139. The molecule has 2 N–H and O–H groups in total. The van der Waals surface area contributed by atoms with E-state index in [4.69, 9.17) is 4.74 Å². The van der Waals surface area contributed by atoms with Gasteiger partial charge >= 0.3 is 0 Å². The average Bonchev–Trinajstić information content (AvgIpc) is 3.40. The van der Waals surface area contributed by atoms with Gasteiger partial charge in [0.05, 0.1) is 18.4 Å². The molecule has 35 heavy (non-hydrogen) atoms. The normalized spacial score (nSPS) is 17.3. The van der Waals surface area contributed by atoms with Gasteiger partial charge in [0.15, 0.2) is 0 Å². The van der Waals surface area contributed by atoms with Crippen LogP contribution in [0, 0.1) is 0 Å². The van der Waals surface area contributed by atoms with Crippen LogP contribution in [0.3, 0.4) is 0 Å². The third-order valence-corrected chi connectivity index (χ3v) is 6.75. The summed E-state index contributed by atoms with van der Waals surface area (Å²) >= 11 is 3.38. The minimum absolute atomic E-state index is 0.0385. The smallest absolute Gasteiger partial charge is 0.295 e. The number of carbonyl (C=O) groups is 2. The highest BCUT2D eigenvalue weighted by Gasteiger charge is 2.46. The molecule has 1 saturated heterocycles. The van der Waals surface area contributed by atoms with Crippen molar-refractivity contribution in [2.75, 3.05) is 13.7 Å². The summed E-state index contributed by atoms with van der Waals surface area (Å²) in [4.78, 5) is 35.5. The van der Waals surface area contributed by atoms with Gasteiger partial charge in [0.25, 0.3) is 11.7 Å². The highest BCUT2D eigenvalue weighted by molar-refractivity contribution is 9.10. The molecular weight excluding hydrogens is 510 g/mol. The summed E-state index contributed by atoms with van der Waals surface area (Å²) < 4.78 is 6.19. The molecule has 1 aliphatic heterocycles. The first-order valence-corrected chi connectivity index (χ1v) is 11.9. The van der Waals surface area contributed by atoms with Crippen molar-refractivity contribution in [1.29, 1.82) is 0 Å². The predicted octanol–water partition coefficient (Wildman–Crippen LogP) is 5.00.